The van der Waals surface area contributed by atoms with Gasteiger partial charge in [0, 0.05) is 11.6 Å². The Morgan fingerprint density at radius 1 is 1.07 bits per heavy atom. The summed E-state index contributed by atoms with van der Waals surface area (Å²) in [5, 5.41) is 0. The normalized spacial score (nSPS) is 21.0. The second kappa shape index (κ2) is 7.89. The highest BCUT2D eigenvalue weighted by Gasteiger charge is 2.38. The number of ether oxygens (including phenoxy) is 1. The average Bonchev–Trinajstić information content (AvgIpc) is 2.72. The molecule has 0 radical (unpaired) electrons. The molecular weight excluding hydrogens is 352 g/mol. The standard InChI is InChI=1S/C23H24N2O3/c24-22(26)18-9-4-8-17(12-18)19-13-20-10-5-11-21(14-19)25(20)23(27)28-15-16-6-2-1-3-7-16/h1-4,6-9,12-13,20-21H,5,10-11,14-15H2,(H2,24,26). The third kappa shape index (κ3) is 3.79. The van der Waals surface area contributed by atoms with Gasteiger partial charge >= 0.3 is 6.09 Å². The van der Waals surface area contributed by atoms with Crippen molar-refractivity contribution >= 4 is 17.6 Å². The van der Waals surface area contributed by atoms with Gasteiger partial charge in [0.05, 0.1) is 6.04 Å². The predicted molar refractivity (Wildman–Crippen MR) is 107 cm³/mol. The minimum absolute atomic E-state index is 0.0306. The SMILES string of the molecule is NC(=O)c1cccc(C2=CC3CCCC(C2)N3C(=O)OCc2ccccc2)c1. The van der Waals surface area contributed by atoms with Gasteiger partial charge in [0.25, 0.3) is 0 Å². The summed E-state index contributed by atoms with van der Waals surface area (Å²) in [5.41, 5.74) is 9.09. The van der Waals surface area contributed by atoms with E-state index in [0.29, 0.717) is 5.56 Å². The highest BCUT2D eigenvalue weighted by Crippen LogP contribution is 2.37. The molecule has 2 amide bonds. The molecule has 2 atom stereocenters. The second-order valence-corrected chi connectivity index (χ2v) is 7.44. The lowest BCUT2D eigenvalue weighted by atomic mass is 9.83. The maximum atomic E-state index is 12.8. The summed E-state index contributed by atoms with van der Waals surface area (Å²) in [6.07, 6.45) is 5.65. The van der Waals surface area contributed by atoms with Gasteiger partial charge in [-0.2, -0.15) is 0 Å². The lowest BCUT2D eigenvalue weighted by Crippen LogP contribution is -2.51. The summed E-state index contributed by atoms with van der Waals surface area (Å²) in [4.78, 5) is 26.2. The Morgan fingerprint density at radius 2 is 1.89 bits per heavy atom. The minimum atomic E-state index is -0.426. The van der Waals surface area contributed by atoms with Crippen LogP contribution in [0.3, 0.4) is 0 Å². The van der Waals surface area contributed by atoms with Crippen LogP contribution < -0.4 is 5.73 Å². The highest BCUT2D eigenvalue weighted by molar-refractivity contribution is 5.93. The molecule has 5 heteroatoms. The number of carbonyl (C=O) groups is 2. The van der Waals surface area contributed by atoms with Crippen LogP contribution >= 0.6 is 0 Å². The van der Waals surface area contributed by atoms with Crippen molar-refractivity contribution < 1.29 is 14.3 Å². The zero-order valence-corrected chi connectivity index (χ0v) is 15.7. The molecule has 5 nitrogen and oxygen atoms in total. The summed E-state index contributed by atoms with van der Waals surface area (Å²) in [6, 6.07) is 17.3. The summed E-state index contributed by atoms with van der Waals surface area (Å²) in [7, 11) is 0. The van der Waals surface area contributed by atoms with Crippen LogP contribution in [0, 0.1) is 0 Å². The molecule has 1 saturated heterocycles. The second-order valence-electron chi connectivity index (χ2n) is 7.44. The van der Waals surface area contributed by atoms with Crippen molar-refractivity contribution in [2.75, 3.05) is 0 Å². The molecule has 2 aromatic rings. The number of hydrogen-bond acceptors (Lipinski definition) is 3. The Balaban J connectivity index is 1.52. The molecule has 2 unspecified atom stereocenters. The summed E-state index contributed by atoms with van der Waals surface area (Å²) in [6.45, 7) is 0.285. The molecule has 2 aliphatic rings. The first-order chi connectivity index (χ1) is 13.6. The van der Waals surface area contributed by atoms with Gasteiger partial charge < -0.3 is 10.5 Å². The van der Waals surface area contributed by atoms with E-state index in [1.54, 1.807) is 6.07 Å². The first-order valence-corrected chi connectivity index (χ1v) is 9.72. The van der Waals surface area contributed by atoms with Gasteiger partial charge in [-0.15, -0.1) is 0 Å². The Bertz CT molecular complexity index is 907. The molecule has 2 aliphatic heterocycles. The third-order valence-electron chi connectivity index (χ3n) is 5.57. The Hall–Kier alpha value is -3.08. The third-order valence-corrected chi connectivity index (χ3v) is 5.57. The molecule has 28 heavy (non-hydrogen) atoms. The number of benzene rings is 2. The summed E-state index contributed by atoms with van der Waals surface area (Å²) < 4.78 is 5.59. The van der Waals surface area contributed by atoms with E-state index in [9.17, 15) is 9.59 Å². The van der Waals surface area contributed by atoms with Crippen LogP contribution in [0.1, 0.15) is 47.2 Å². The Labute approximate surface area is 164 Å². The molecular formula is C23H24N2O3. The molecule has 0 aromatic heterocycles. The molecule has 0 aliphatic carbocycles. The van der Waals surface area contributed by atoms with Crippen LogP contribution in [-0.4, -0.2) is 29.0 Å². The molecule has 2 heterocycles. The Kier molecular flexibility index (Phi) is 5.15. The number of fused-ring (bicyclic) bond motifs is 2. The molecule has 0 saturated carbocycles. The van der Waals surface area contributed by atoms with Crippen molar-refractivity contribution in [3.05, 3.63) is 77.4 Å². The fraction of sp³-hybridized carbons (Fsp3) is 0.304. The lowest BCUT2D eigenvalue weighted by molar-refractivity contribution is 0.0510. The maximum absolute atomic E-state index is 12.8. The van der Waals surface area contributed by atoms with Crippen LogP contribution in [0.15, 0.2) is 60.7 Å². The fourth-order valence-electron chi connectivity index (χ4n) is 4.19. The van der Waals surface area contributed by atoms with Crippen molar-refractivity contribution in [2.45, 2.75) is 44.4 Å². The van der Waals surface area contributed by atoms with Gasteiger partial charge in [0.15, 0.2) is 0 Å². The van der Waals surface area contributed by atoms with Crippen molar-refractivity contribution in [3.63, 3.8) is 0 Å². The average molecular weight is 376 g/mol. The van der Waals surface area contributed by atoms with Crippen LogP contribution in [0.5, 0.6) is 0 Å². The van der Waals surface area contributed by atoms with Crippen molar-refractivity contribution in [3.8, 4) is 0 Å². The highest BCUT2D eigenvalue weighted by atomic mass is 16.6. The number of rotatable bonds is 4. The fourth-order valence-corrected chi connectivity index (χ4v) is 4.19. The summed E-state index contributed by atoms with van der Waals surface area (Å²) >= 11 is 0. The van der Waals surface area contributed by atoms with E-state index in [1.165, 1.54) is 5.57 Å². The van der Waals surface area contributed by atoms with E-state index in [-0.39, 0.29) is 24.8 Å². The number of carbonyl (C=O) groups excluding carboxylic acids is 2. The van der Waals surface area contributed by atoms with E-state index in [0.717, 1.165) is 36.8 Å². The maximum Gasteiger partial charge on any atom is 0.410 e. The molecule has 4 rings (SSSR count). The zero-order chi connectivity index (χ0) is 19.5. The quantitative estimate of drug-likeness (QED) is 0.872. The van der Waals surface area contributed by atoms with E-state index in [1.807, 2.05) is 53.4 Å². The molecule has 0 spiro atoms. The lowest BCUT2D eigenvalue weighted by Gasteiger charge is -2.44. The van der Waals surface area contributed by atoms with Crippen LogP contribution in [0.25, 0.3) is 5.57 Å². The zero-order valence-electron chi connectivity index (χ0n) is 15.7. The molecule has 2 aromatic carbocycles. The van der Waals surface area contributed by atoms with E-state index < -0.39 is 5.91 Å². The first-order valence-electron chi connectivity index (χ1n) is 9.72. The largest absolute Gasteiger partial charge is 0.445 e. The van der Waals surface area contributed by atoms with Gasteiger partial charge in [-0.25, -0.2) is 4.79 Å². The molecule has 1 fully saturated rings. The summed E-state index contributed by atoms with van der Waals surface area (Å²) in [5.74, 6) is -0.426. The van der Waals surface area contributed by atoms with Crippen LogP contribution in [-0.2, 0) is 11.3 Å². The number of primary amides is 1. The van der Waals surface area contributed by atoms with E-state index in [4.69, 9.17) is 10.5 Å². The molecule has 2 bridgehead atoms. The molecule has 2 N–H and O–H groups in total. The van der Waals surface area contributed by atoms with Crippen molar-refractivity contribution in [1.29, 1.82) is 0 Å². The van der Waals surface area contributed by atoms with Gasteiger partial charge in [-0.1, -0.05) is 48.5 Å². The Morgan fingerprint density at radius 3 is 2.64 bits per heavy atom. The van der Waals surface area contributed by atoms with Crippen LogP contribution in [0.4, 0.5) is 4.79 Å². The van der Waals surface area contributed by atoms with Gasteiger partial charge in [-0.3, -0.25) is 9.69 Å². The van der Waals surface area contributed by atoms with Crippen molar-refractivity contribution in [1.82, 2.24) is 4.90 Å². The topological polar surface area (TPSA) is 72.6 Å². The monoisotopic (exact) mass is 376 g/mol. The first kappa shape index (κ1) is 18.3. The number of amides is 2. The van der Waals surface area contributed by atoms with Gasteiger partial charge in [-0.05, 0) is 54.5 Å². The number of nitrogens with two attached hydrogens (primary N) is 1. The number of piperidine rings is 1. The van der Waals surface area contributed by atoms with Gasteiger partial charge in [0.2, 0.25) is 5.91 Å². The van der Waals surface area contributed by atoms with Crippen LogP contribution in [0.2, 0.25) is 0 Å². The van der Waals surface area contributed by atoms with Gasteiger partial charge in [0.1, 0.15) is 6.61 Å². The van der Waals surface area contributed by atoms with Crippen molar-refractivity contribution in [2.24, 2.45) is 5.73 Å². The predicted octanol–water partition coefficient (Wildman–Crippen LogP) is 4.13. The molecule has 144 valence electrons. The number of hydrogen-bond donors (Lipinski definition) is 1. The minimum Gasteiger partial charge on any atom is -0.445 e. The van der Waals surface area contributed by atoms with E-state index in [2.05, 4.69) is 6.08 Å². The van der Waals surface area contributed by atoms with E-state index >= 15 is 0 Å². The smallest absolute Gasteiger partial charge is 0.410 e. The number of nitrogens with zero attached hydrogens (tertiary/aromatic N) is 1.